The molecule has 0 bridgehead atoms. The number of rotatable bonds is 7. The molecule has 3 heterocycles. The average molecular weight is 709 g/mol. The van der Waals surface area contributed by atoms with E-state index < -0.39 is 29.9 Å². The summed E-state index contributed by atoms with van der Waals surface area (Å²) in [6.07, 6.45) is -4.87. The van der Waals surface area contributed by atoms with Gasteiger partial charge in [0.25, 0.3) is 0 Å². The molecule has 0 amide bonds. The van der Waals surface area contributed by atoms with E-state index in [1.807, 2.05) is 55.8 Å². The van der Waals surface area contributed by atoms with Crippen LogP contribution in [0.1, 0.15) is 29.7 Å². The van der Waals surface area contributed by atoms with E-state index in [4.69, 9.17) is 29.8 Å². The largest absolute Gasteiger partial charge is 0.490 e. The first kappa shape index (κ1) is 38.8. The molecule has 0 aliphatic carbocycles. The van der Waals surface area contributed by atoms with Crippen molar-refractivity contribution < 1.29 is 56.0 Å². The summed E-state index contributed by atoms with van der Waals surface area (Å²) in [5.74, 6) is -4.97. The molecule has 0 fully saturated rings. The Bertz CT molecular complexity index is 1770. The molecular formula is C32H30F6N6O6. The number of aromatic nitrogens is 3. The quantitative estimate of drug-likeness (QED) is 0.162. The lowest BCUT2D eigenvalue weighted by Gasteiger charge is -2.35. The number of fused-ring (bicyclic) bond motifs is 1. The molecule has 5 rings (SSSR count). The standard InChI is InChI=1S/C28H28N6O2.2C2HF3O2/c1-28(35,23-10-8-19(13-29)9-11-23)18-32-26(20-6-4-3-5-7-20)25-16-30-24-12-21(14-31-27(24)36-25)22-15-33-34(2)17-22;2*3-2(4,5)1(6)7/h3-12,14-15,17,25-26,30,32,35H,16,18H2,1-2H3;2*(H,6,7)/t25-,26+,28-;;/m0../s1. The highest BCUT2D eigenvalue weighted by Gasteiger charge is 2.39. The fourth-order valence-electron chi connectivity index (χ4n) is 4.42. The Morgan fingerprint density at radius 1 is 1.02 bits per heavy atom. The minimum Gasteiger partial charge on any atom is -0.475 e. The monoisotopic (exact) mass is 708 g/mol. The van der Waals surface area contributed by atoms with Crippen molar-refractivity contribution in [2.45, 2.75) is 37.0 Å². The van der Waals surface area contributed by atoms with E-state index in [1.54, 1.807) is 42.1 Å². The van der Waals surface area contributed by atoms with E-state index >= 15 is 0 Å². The zero-order valence-electron chi connectivity index (χ0n) is 26.2. The highest BCUT2D eigenvalue weighted by Crippen LogP contribution is 2.34. The number of carbonyl (C=O) groups is 2. The second-order valence-electron chi connectivity index (χ2n) is 10.9. The molecule has 0 spiro atoms. The number of benzene rings is 2. The number of halogens is 6. The second kappa shape index (κ2) is 16.2. The van der Waals surface area contributed by atoms with Crippen LogP contribution in [0.15, 0.2) is 79.3 Å². The van der Waals surface area contributed by atoms with Crippen molar-refractivity contribution in [2.75, 3.05) is 18.4 Å². The van der Waals surface area contributed by atoms with Gasteiger partial charge in [0.15, 0.2) is 0 Å². The Kier molecular flexibility index (Phi) is 12.5. The molecule has 1 aliphatic heterocycles. The fourth-order valence-corrected chi connectivity index (χ4v) is 4.42. The van der Waals surface area contributed by atoms with Crippen LogP contribution in [-0.2, 0) is 22.2 Å². The zero-order chi connectivity index (χ0) is 37.3. The molecule has 0 unspecified atom stereocenters. The fraction of sp³-hybridized carbons (Fsp3) is 0.281. The lowest BCUT2D eigenvalue weighted by atomic mass is 9.93. The Labute approximate surface area is 280 Å². The van der Waals surface area contributed by atoms with Crippen molar-refractivity contribution in [3.63, 3.8) is 0 Å². The Hall–Kier alpha value is -5.67. The molecule has 1 aliphatic rings. The number of hydrogen-bond acceptors (Lipinski definition) is 9. The number of carboxylic acid groups (broad SMARTS) is 2. The third-order valence-electron chi connectivity index (χ3n) is 6.96. The van der Waals surface area contributed by atoms with E-state index in [-0.39, 0.29) is 12.1 Å². The summed E-state index contributed by atoms with van der Waals surface area (Å²) in [7, 11) is 1.89. The van der Waals surface area contributed by atoms with Gasteiger partial charge in [0.2, 0.25) is 5.88 Å². The maximum Gasteiger partial charge on any atom is 0.490 e. The number of anilines is 1. The normalized spacial score (nSPS) is 15.5. The Morgan fingerprint density at radius 3 is 2.10 bits per heavy atom. The van der Waals surface area contributed by atoms with Crippen LogP contribution in [0.25, 0.3) is 11.1 Å². The molecule has 266 valence electrons. The maximum atomic E-state index is 11.2. The van der Waals surface area contributed by atoms with Crippen molar-refractivity contribution in [3.05, 3.63) is 95.9 Å². The summed E-state index contributed by atoms with van der Waals surface area (Å²) < 4.78 is 71.6. The van der Waals surface area contributed by atoms with Crippen molar-refractivity contribution in [2.24, 2.45) is 7.05 Å². The van der Waals surface area contributed by atoms with Crippen LogP contribution in [0.3, 0.4) is 0 Å². The molecule has 0 saturated heterocycles. The second-order valence-corrected chi connectivity index (χ2v) is 10.9. The number of nitriles is 1. The Balaban J connectivity index is 0.000000408. The van der Waals surface area contributed by atoms with Gasteiger partial charge in [-0.2, -0.15) is 36.7 Å². The molecule has 5 N–H and O–H groups in total. The summed E-state index contributed by atoms with van der Waals surface area (Å²) in [6, 6.07) is 21.0. The topological polar surface area (TPSA) is 183 Å². The van der Waals surface area contributed by atoms with Gasteiger partial charge < -0.3 is 30.7 Å². The summed E-state index contributed by atoms with van der Waals surface area (Å²) in [5, 5.41) is 45.8. The van der Waals surface area contributed by atoms with Crippen LogP contribution < -0.4 is 15.4 Å². The molecule has 12 nitrogen and oxygen atoms in total. The molecule has 18 heteroatoms. The van der Waals surface area contributed by atoms with Gasteiger partial charge in [0, 0.05) is 37.1 Å². The average Bonchev–Trinajstić information content (AvgIpc) is 3.51. The van der Waals surface area contributed by atoms with E-state index in [0.29, 0.717) is 24.5 Å². The van der Waals surface area contributed by atoms with Crippen LogP contribution in [0.2, 0.25) is 0 Å². The van der Waals surface area contributed by atoms with Gasteiger partial charge >= 0.3 is 24.3 Å². The number of alkyl halides is 6. The first-order chi connectivity index (χ1) is 23.3. The predicted molar refractivity (Wildman–Crippen MR) is 165 cm³/mol. The number of pyridine rings is 1. The summed E-state index contributed by atoms with van der Waals surface area (Å²) in [6.45, 7) is 2.62. The predicted octanol–water partition coefficient (Wildman–Crippen LogP) is 5.03. The highest BCUT2D eigenvalue weighted by atomic mass is 19.4. The smallest absolute Gasteiger partial charge is 0.475 e. The molecule has 0 saturated carbocycles. The minimum absolute atomic E-state index is 0.198. The molecule has 2 aromatic carbocycles. The number of nitrogens with one attached hydrogen (secondary N) is 2. The number of aryl methyl sites for hydroxylation is 1. The maximum absolute atomic E-state index is 11.2. The molecule has 2 aromatic heterocycles. The van der Waals surface area contributed by atoms with Gasteiger partial charge in [-0.15, -0.1) is 0 Å². The van der Waals surface area contributed by atoms with Gasteiger partial charge in [-0.3, -0.25) is 4.68 Å². The summed E-state index contributed by atoms with van der Waals surface area (Å²) in [5.41, 5.74) is 4.00. The number of aliphatic carboxylic acids is 2. The van der Waals surface area contributed by atoms with Crippen molar-refractivity contribution in [1.82, 2.24) is 20.1 Å². The van der Waals surface area contributed by atoms with Crippen LogP contribution in [0, 0.1) is 11.3 Å². The van der Waals surface area contributed by atoms with Crippen molar-refractivity contribution in [1.29, 1.82) is 5.26 Å². The van der Waals surface area contributed by atoms with Crippen molar-refractivity contribution >= 4 is 17.6 Å². The van der Waals surface area contributed by atoms with Crippen LogP contribution in [-0.4, -0.2) is 73.6 Å². The van der Waals surface area contributed by atoms with E-state index in [9.17, 15) is 31.4 Å². The van der Waals surface area contributed by atoms with Crippen molar-refractivity contribution in [3.8, 4) is 23.1 Å². The van der Waals surface area contributed by atoms with Crippen LogP contribution in [0.4, 0.5) is 32.0 Å². The molecule has 50 heavy (non-hydrogen) atoms. The van der Waals surface area contributed by atoms with E-state index in [0.717, 1.165) is 27.9 Å². The first-order valence-corrected chi connectivity index (χ1v) is 14.3. The molecule has 4 aromatic rings. The molecule has 3 atom stereocenters. The SMILES string of the molecule is Cn1cc(-c2cnc3c(c2)NC[C@@H]([C@H](NC[C@](C)(O)c2ccc(C#N)cc2)c2ccccc2)O3)cn1.O=C(O)C(F)(F)F.O=C(O)C(F)(F)F. The minimum atomic E-state index is -5.08. The number of ether oxygens (including phenoxy) is 1. The van der Waals surface area contributed by atoms with Crippen LogP contribution in [0.5, 0.6) is 5.88 Å². The number of nitrogens with zero attached hydrogens (tertiary/aromatic N) is 4. The van der Waals surface area contributed by atoms with Gasteiger partial charge in [-0.25, -0.2) is 14.6 Å². The summed E-state index contributed by atoms with van der Waals surface area (Å²) >= 11 is 0. The van der Waals surface area contributed by atoms with Gasteiger partial charge in [0.1, 0.15) is 6.10 Å². The Morgan fingerprint density at radius 2 is 1.60 bits per heavy atom. The first-order valence-electron chi connectivity index (χ1n) is 14.3. The van der Waals surface area contributed by atoms with Gasteiger partial charge in [0.05, 0.1) is 41.7 Å². The third-order valence-corrected chi connectivity index (χ3v) is 6.96. The lowest BCUT2D eigenvalue weighted by Crippen LogP contribution is -2.46. The van der Waals surface area contributed by atoms with E-state index in [1.165, 1.54) is 0 Å². The molecular weight excluding hydrogens is 678 g/mol. The number of aliphatic hydroxyl groups is 1. The summed E-state index contributed by atoms with van der Waals surface area (Å²) in [4.78, 5) is 22.4. The van der Waals surface area contributed by atoms with Gasteiger partial charge in [-0.1, -0.05) is 42.5 Å². The van der Waals surface area contributed by atoms with E-state index in [2.05, 4.69) is 26.8 Å². The van der Waals surface area contributed by atoms with Gasteiger partial charge in [-0.05, 0) is 36.2 Å². The number of carboxylic acids is 2. The van der Waals surface area contributed by atoms with Crippen LogP contribution >= 0.6 is 0 Å². The number of hydrogen-bond donors (Lipinski definition) is 5. The third kappa shape index (κ3) is 10.9. The highest BCUT2D eigenvalue weighted by molar-refractivity contribution is 5.73. The lowest BCUT2D eigenvalue weighted by molar-refractivity contribution is -0.193. The zero-order valence-corrected chi connectivity index (χ0v) is 26.2. The molecule has 0 radical (unpaired) electrons.